The second kappa shape index (κ2) is 8.44. The summed E-state index contributed by atoms with van der Waals surface area (Å²) in [4.78, 5) is 16.6. The number of amides is 1. The zero-order chi connectivity index (χ0) is 19.2. The highest BCUT2D eigenvalue weighted by atomic mass is 16.5. The molecule has 0 aliphatic rings. The van der Waals surface area contributed by atoms with Crippen molar-refractivity contribution >= 4 is 5.91 Å². The van der Waals surface area contributed by atoms with Crippen molar-refractivity contribution in [2.75, 3.05) is 13.2 Å². The van der Waals surface area contributed by atoms with Crippen LogP contribution in [0.15, 0.2) is 49.2 Å². The van der Waals surface area contributed by atoms with E-state index in [4.69, 9.17) is 4.74 Å². The Labute approximate surface area is 158 Å². The molecule has 0 saturated heterocycles. The first-order chi connectivity index (χ1) is 13.0. The number of hydrogen-bond donors (Lipinski definition) is 1. The van der Waals surface area contributed by atoms with Gasteiger partial charge in [0.25, 0.3) is 5.91 Å². The van der Waals surface area contributed by atoms with Gasteiger partial charge in [0.15, 0.2) is 0 Å². The summed E-state index contributed by atoms with van der Waals surface area (Å²) in [7, 11) is 0. The van der Waals surface area contributed by atoms with Crippen LogP contribution in [-0.2, 0) is 0 Å². The van der Waals surface area contributed by atoms with Crippen molar-refractivity contribution in [3.8, 4) is 11.6 Å². The Kier molecular flexibility index (Phi) is 5.80. The summed E-state index contributed by atoms with van der Waals surface area (Å²) in [6.07, 6.45) is 4.65. The number of rotatable bonds is 7. The first-order valence-electron chi connectivity index (χ1n) is 8.87. The quantitative estimate of drug-likeness (QED) is 0.651. The first-order valence-corrected chi connectivity index (χ1v) is 8.87. The van der Waals surface area contributed by atoms with Crippen LogP contribution in [0.2, 0.25) is 0 Å². The molecule has 0 bridgehead atoms. The fourth-order valence-electron chi connectivity index (χ4n) is 2.69. The SMILES string of the molecule is Cc1ccc(C(C)C)c(OCCNC(=O)c2ccnc(-n3cnnc3)c2)c1. The summed E-state index contributed by atoms with van der Waals surface area (Å²) in [6.45, 7) is 7.12. The van der Waals surface area contributed by atoms with Crippen molar-refractivity contribution in [3.05, 3.63) is 65.9 Å². The lowest BCUT2D eigenvalue weighted by Gasteiger charge is -2.15. The molecule has 7 heteroatoms. The molecule has 0 radical (unpaired) electrons. The Bertz CT molecular complexity index is 906. The van der Waals surface area contributed by atoms with Gasteiger partial charge >= 0.3 is 0 Å². The van der Waals surface area contributed by atoms with Gasteiger partial charge in [-0.1, -0.05) is 26.0 Å². The third-order valence-electron chi connectivity index (χ3n) is 4.13. The minimum absolute atomic E-state index is 0.177. The van der Waals surface area contributed by atoms with E-state index in [0.29, 0.717) is 30.5 Å². The molecule has 140 valence electrons. The molecule has 2 aromatic heterocycles. The standard InChI is InChI=1S/C20H23N5O2/c1-14(2)17-5-4-15(3)10-18(17)27-9-8-22-20(26)16-6-7-21-19(11-16)25-12-23-24-13-25/h4-7,10-14H,8-9H2,1-3H3,(H,22,26). The van der Waals surface area contributed by atoms with Gasteiger partial charge < -0.3 is 10.1 Å². The number of nitrogens with one attached hydrogen (secondary N) is 1. The predicted octanol–water partition coefficient (Wildman–Crippen LogP) is 2.90. The van der Waals surface area contributed by atoms with Crippen molar-refractivity contribution in [1.29, 1.82) is 0 Å². The molecular weight excluding hydrogens is 342 g/mol. The van der Waals surface area contributed by atoms with Gasteiger partial charge in [0, 0.05) is 11.8 Å². The second-order valence-corrected chi connectivity index (χ2v) is 6.57. The average molecular weight is 365 g/mol. The van der Waals surface area contributed by atoms with Crippen molar-refractivity contribution in [3.63, 3.8) is 0 Å². The number of pyridine rings is 1. The molecule has 3 aromatic rings. The highest BCUT2D eigenvalue weighted by Crippen LogP contribution is 2.27. The van der Waals surface area contributed by atoms with Gasteiger partial charge in [-0.15, -0.1) is 10.2 Å². The lowest BCUT2D eigenvalue weighted by Crippen LogP contribution is -2.28. The molecule has 0 aliphatic carbocycles. The molecule has 0 atom stereocenters. The molecule has 0 aliphatic heterocycles. The Morgan fingerprint density at radius 1 is 1.19 bits per heavy atom. The lowest BCUT2D eigenvalue weighted by atomic mass is 10.0. The van der Waals surface area contributed by atoms with Crippen molar-refractivity contribution < 1.29 is 9.53 Å². The van der Waals surface area contributed by atoms with Crippen molar-refractivity contribution in [1.82, 2.24) is 25.1 Å². The minimum atomic E-state index is -0.177. The van der Waals surface area contributed by atoms with Crippen molar-refractivity contribution in [2.24, 2.45) is 0 Å². The molecule has 0 saturated carbocycles. The van der Waals surface area contributed by atoms with E-state index >= 15 is 0 Å². The van der Waals surface area contributed by atoms with Crippen molar-refractivity contribution in [2.45, 2.75) is 26.7 Å². The highest BCUT2D eigenvalue weighted by molar-refractivity contribution is 5.94. The van der Waals surface area contributed by atoms with Crippen LogP contribution in [0.25, 0.3) is 5.82 Å². The van der Waals surface area contributed by atoms with Gasteiger partial charge in [-0.05, 0) is 42.2 Å². The van der Waals surface area contributed by atoms with Crippen LogP contribution in [0.1, 0.15) is 41.3 Å². The Balaban J connectivity index is 1.56. The summed E-state index contributed by atoms with van der Waals surface area (Å²) >= 11 is 0. The summed E-state index contributed by atoms with van der Waals surface area (Å²) in [6, 6.07) is 9.57. The molecule has 0 fully saturated rings. The maximum atomic E-state index is 12.4. The van der Waals surface area contributed by atoms with E-state index in [2.05, 4.69) is 46.5 Å². The molecule has 1 N–H and O–H groups in total. The zero-order valence-corrected chi connectivity index (χ0v) is 15.7. The van der Waals surface area contributed by atoms with Gasteiger partial charge in [-0.2, -0.15) is 0 Å². The van der Waals surface area contributed by atoms with Crippen LogP contribution in [0, 0.1) is 6.92 Å². The van der Waals surface area contributed by atoms with E-state index < -0.39 is 0 Å². The summed E-state index contributed by atoms with van der Waals surface area (Å²) in [5, 5.41) is 10.4. The largest absolute Gasteiger partial charge is 0.491 e. The topological polar surface area (TPSA) is 81.9 Å². The molecule has 0 unspecified atom stereocenters. The molecule has 3 rings (SSSR count). The van der Waals surface area contributed by atoms with Crippen LogP contribution >= 0.6 is 0 Å². The van der Waals surface area contributed by atoms with E-state index in [9.17, 15) is 4.79 Å². The van der Waals surface area contributed by atoms with Gasteiger partial charge in [-0.3, -0.25) is 9.36 Å². The third kappa shape index (κ3) is 4.69. The molecule has 1 amide bonds. The van der Waals surface area contributed by atoms with Gasteiger partial charge in [-0.25, -0.2) is 4.98 Å². The molecule has 2 heterocycles. The minimum Gasteiger partial charge on any atom is -0.491 e. The van der Waals surface area contributed by atoms with E-state index in [1.807, 2.05) is 13.0 Å². The van der Waals surface area contributed by atoms with Gasteiger partial charge in [0.05, 0.1) is 6.54 Å². The number of hydrogen-bond acceptors (Lipinski definition) is 5. The van der Waals surface area contributed by atoms with E-state index in [1.54, 1.807) is 22.9 Å². The van der Waals surface area contributed by atoms with E-state index in [-0.39, 0.29) is 5.91 Å². The van der Waals surface area contributed by atoms with E-state index in [1.165, 1.54) is 18.2 Å². The third-order valence-corrected chi connectivity index (χ3v) is 4.13. The van der Waals surface area contributed by atoms with Crippen LogP contribution in [-0.4, -0.2) is 38.8 Å². The predicted molar refractivity (Wildman–Crippen MR) is 102 cm³/mol. The number of carbonyl (C=O) groups is 1. The number of carbonyl (C=O) groups excluding carboxylic acids is 1. The fraction of sp³-hybridized carbons (Fsp3) is 0.300. The second-order valence-electron chi connectivity index (χ2n) is 6.57. The molecule has 7 nitrogen and oxygen atoms in total. The maximum Gasteiger partial charge on any atom is 0.251 e. The van der Waals surface area contributed by atoms with Gasteiger partial charge in [0.2, 0.25) is 0 Å². The number of benzene rings is 1. The fourth-order valence-corrected chi connectivity index (χ4v) is 2.69. The van der Waals surface area contributed by atoms with E-state index in [0.717, 1.165) is 11.3 Å². The Morgan fingerprint density at radius 2 is 1.96 bits per heavy atom. The number of aromatic nitrogens is 4. The summed E-state index contributed by atoms with van der Waals surface area (Å²) in [5.41, 5.74) is 2.84. The summed E-state index contributed by atoms with van der Waals surface area (Å²) < 4.78 is 7.54. The summed E-state index contributed by atoms with van der Waals surface area (Å²) in [5.74, 6) is 1.66. The molecule has 1 aromatic carbocycles. The lowest BCUT2D eigenvalue weighted by molar-refractivity contribution is 0.0946. The van der Waals surface area contributed by atoms with Crippen LogP contribution in [0.3, 0.4) is 0 Å². The van der Waals surface area contributed by atoms with Crippen LogP contribution < -0.4 is 10.1 Å². The Hall–Kier alpha value is -3.22. The van der Waals surface area contributed by atoms with Crippen LogP contribution in [0.4, 0.5) is 0 Å². The monoisotopic (exact) mass is 365 g/mol. The smallest absolute Gasteiger partial charge is 0.251 e. The molecule has 0 spiro atoms. The number of aryl methyl sites for hydroxylation is 1. The molecule has 27 heavy (non-hydrogen) atoms. The Morgan fingerprint density at radius 3 is 2.70 bits per heavy atom. The number of ether oxygens (including phenoxy) is 1. The highest BCUT2D eigenvalue weighted by Gasteiger charge is 2.10. The number of nitrogens with zero attached hydrogens (tertiary/aromatic N) is 4. The van der Waals surface area contributed by atoms with Crippen LogP contribution in [0.5, 0.6) is 5.75 Å². The zero-order valence-electron chi connectivity index (χ0n) is 15.7. The van der Waals surface area contributed by atoms with Gasteiger partial charge in [0.1, 0.15) is 30.8 Å². The first kappa shape index (κ1) is 18.6. The maximum absolute atomic E-state index is 12.4. The molecular formula is C20H23N5O2. The normalized spacial score (nSPS) is 10.8. The average Bonchev–Trinajstić information content (AvgIpc) is 3.20.